The van der Waals surface area contributed by atoms with E-state index in [1.807, 2.05) is 0 Å². The first-order valence-electron chi connectivity index (χ1n) is 8.98. The third-order valence-electron chi connectivity index (χ3n) is 4.57. The van der Waals surface area contributed by atoms with Crippen LogP contribution in [-0.4, -0.2) is 3.21 Å². The maximum atomic E-state index is 5.81. The van der Waals surface area contributed by atoms with Gasteiger partial charge in [-0.2, -0.15) is 35.0 Å². The standard InChI is InChI=1S/2C9H7.C5H8.2ClH.Zr/c2*1-2-5-9-7-3-6-8(9)4-1;1-2-4-5-3-1;;;/h2*1-7H;1-4H2;2*1H;/q2*-1;;;;+2/p-2. The summed E-state index contributed by atoms with van der Waals surface area (Å²) in [6, 6.07) is 29.3. The number of rotatable bonds is 0. The first-order valence-corrected chi connectivity index (χ1v) is 16.5. The molecule has 0 unspecified atom stereocenters. The van der Waals surface area contributed by atoms with Gasteiger partial charge in [-0.05, 0) is 0 Å². The molecule has 0 nitrogen and oxygen atoms in total. The van der Waals surface area contributed by atoms with Gasteiger partial charge in [0, 0.05) is 0 Å². The molecule has 5 rings (SSSR count). The molecule has 4 aromatic carbocycles. The molecular weight excluding hydrogens is 438 g/mol. The van der Waals surface area contributed by atoms with E-state index in [0.717, 1.165) is 0 Å². The molecule has 1 aliphatic rings. The van der Waals surface area contributed by atoms with Crippen LogP contribution >= 0.6 is 17.0 Å². The van der Waals surface area contributed by atoms with Crippen LogP contribution in [0.15, 0.2) is 84.9 Å². The van der Waals surface area contributed by atoms with E-state index in [4.69, 9.17) is 17.0 Å². The van der Waals surface area contributed by atoms with Crippen molar-refractivity contribution >= 4 is 41.8 Å². The number of halogens is 2. The van der Waals surface area contributed by atoms with Crippen LogP contribution in [0, 0.1) is 0 Å². The molecule has 4 aromatic rings. The molecule has 0 N–H and O–H groups in total. The monoisotopic (exact) mass is 458 g/mol. The van der Waals surface area contributed by atoms with E-state index >= 15 is 0 Å². The third kappa shape index (κ3) is 5.75. The Morgan fingerprint density at radius 1 is 0.654 bits per heavy atom. The van der Waals surface area contributed by atoms with Gasteiger partial charge in [0.05, 0.1) is 0 Å². The van der Waals surface area contributed by atoms with Crippen molar-refractivity contribution in [2.75, 3.05) is 0 Å². The fourth-order valence-corrected chi connectivity index (χ4v) is 7.16. The molecule has 0 radical (unpaired) electrons. The van der Waals surface area contributed by atoms with Gasteiger partial charge in [0.2, 0.25) is 0 Å². The largest absolute Gasteiger partial charge is 0.168 e. The molecular formula is C23H22Cl2Zr-2. The van der Waals surface area contributed by atoms with Crippen LogP contribution in [0.3, 0.4) is 0 Å². The molecule has 0 aromatic heterocycles. The molecule has 0 heterocycles. The first-order chi connectivity index (χ1) is 12.7. The van der Waals surface area contributed by atoms with Crippen molar-refractivity contribution in [3.63, 3.8) is 0 Å². The molecule has 134 valence electrons. The Morgan fingerprint density at radius 3 is 1.50 bits per heavy atom. The average Bonchev–Trinajstić information content (AvgIpc) is 3.43. The molecule has 3 heteroatoms. The summed E-state index contributed by atoms with van der Waals surface area (Å²) in [6.45, 7) is 0. The molecule has 0 atom stereocenters. The summed E-state index contributed by atoms with van der Waals surface area (Å²) in [7, 11) is 11.6. The second-order valence-electron chi connectivity index (χ2n) is 6.38. The molecule has 0 aliphatic heterocycles. The summed E-state index contributed by atoms with van der Waals surface area (Å²) in [6.07, 6.45) is 5.14. The van der Waals surface area contributed by atoms with Gasteiger partial charge < -0.3 is 0 Å². The second-order valence-corrected chi connectivity index (χ2v) is 15.0. The van der Waals surface area contributed by atoms with E-state index < -0.39 is 18.9 Å². The van der Waals surface area contributed by atoms with Crippen LogP contribution < -0.4 is 0 Å². The number of benzene rings is 2. The first kappa shape index (κ1) is 19.7. The summed E-state index contributed by atoms with van der Waals surface area (Å²) in [4.78, 5) is 0. The quantitative estimate of drug-likeness (QED) is 0.235. The Hall–Kier alpha value is -1.01. The molecule has 1 aliphatic carbocycles. The van der Waals surface area contributed by atoms with Gasteiger partial charge >= 0.3 is 64.8 Å². The Kier molecular flexibility index (Phi) is 7.87. The molecule has 0 bridgehead atoms. The number of hydrogen-bond donors (Lipinski definition) is 0. The summed E-state index contributed by atoms with van der Waals surface area (Å²) in [5.41, 5.74) is 0. The van der Waals surface area contributed by atoms with E-state index in [1.165, 1.54) is 50.4 Å². The Labute approximate surface area is 170 Å². The van der Waals surface area contributed by atoms with Crippen LogP contribution in [0.2, 0.25) is 0 Å². The zero-order chi connectivity index (χ0) is 18.2. The predicted octanol–water partition coefficient (Wildman–Crippen LogP) is 7.78. The summed E-state index contributed by atoms with van der Waals surface area (Å²) in [5, 5.41) is 5.32. The van der Waals surface area contributed by atoms with Crippen molar-refractivity contribution in [2.45, 2.75) is 25.7 Å². The van der Waals surface area contributed by atoms with Gasteiger partial charge in [-0.25, -0.2) is 0 Å². The fraction of sp³-hybridized carbons (Fsp3) is 0.174. The van der Waals surface area contributed by atoms with Gasteiger partial charge in [-0.1, -0.05) is 12.1 Å². The Balaban J connectivity index is 0.000000113. The smallest absolute Gasteiger partial charge is 0.0809 e. The summed E-state index contributed by atoms with van der Waals surface area (Å²) >= 11 is -1.85. The minimum Gasteiger partial charge on any atom is -0.168 e. The van der Waals surface area contributed by atoms with Gasteiger partial charge in [0.25, 0.3) is 0 Å². The number of fused-ring (bicyclic) bond motifs is 2. The Morgan fingerprint density at radius 2 is 1.12 bits per heavy atom. The predicted molar refractivity (Wildman–Crippen MR) is 114 cm³/mol. The third-order valence-corrected chi connectivity index (χ3v) is 10.3. The second kappa shape index (κ2) is 10.4. The van der Waals surface area contributed by atoms with Crippen LogP contribution in [0.4, 0.5) is 0 Å². The van der Waals surface area contributed by atoms with Gasteiger partial charge in [0.1, 0.15) is 0 Å². The number of hydrogen-bond acceptors (Lipinski definition) is 0. The minimum absolute atomic E-state index is 1.24. The van der Waals surface area contributed by atoms with Crippen molar-refractivity contribution in [1.29, 1.82) is 0 Å². The van der Waals surface area contributed by atoms with Gasteiger partial charge in [-0.3, -0.25) is 0 Å². The zero-order valence-electron chi connectivity index (χ0n) is 14.7. The minimum atomic E-state index is -1.85. The van der Waals surface area contributed by atoms with E-state index in [2.05, 4.69) is 84.9 Å². The molecule has 1 saturated carbocycles. The SMILES string of the molecule is [Cl][Zr]([Cl])=[C]1CCCC1.c1ccc2[cH-]ccc2c1.c1ccc2[cH-]ccc2c1. The summed E-state index contributed by atoms with van der Waals surface area (Å²) in [5.74, 6) is 0. The van der Waals surface area contributed by atoms with Crippen molar-refractivity contribution in [1.82, 2.24) is 0 Å². The van der Waals surface area contributed by atoms with Crippen LogP contribution in [0.25, 0.3) is 21.5 Å². The van der Waals surface area contributed by atoms with Crippen LogP contribution in [0.5, 0.6) is 0 Å². The average molecular weight is 461 g/mol. The fourth-order valence-electron chi connectivity index (χ4n) is 3.13. The van der Waals surface area contributed by atoms with E-state index in [1.54, 1.807) is 0 Å². The zero-order valence-corrected chi connectivity index (χ0v) is 18.6. The van der Waals surface area contributed by atoms with E-state index in [9.17, 15) is 0 Å². The maximum Gasteiger partial charge on any atom is -0.0809 e. The maximum absolute atomic E-state index is 5.81. The van der Waals surface area contributed by atoms with Crippen molar-refractivity contribution in [3.05, 3.63) is 84.9 Å². The van der Waals surface area contributed by atoms with Gasteiger partial charge in [0.15, 0.2) is 0 Å². The van der Waals surface area contributed by atoms with Crippen LogP contribution in [0.1, 0.15) is 25.7 Å². The molecule has 0 saturated heterocycles. The summed E-state index contributed by atoms with van der Waals surface area (Å²) < 4.78 is 1.52. The van der Waals surface area contributed by atoms with Gasteiger partial charge in [-0.15, -0.1) is 59.3 Å². The van der Waals surface area contributed by atoms with E-state index in [-0.39, 0.29) is 0 Å². The molecule has 26 heavy (non-hydrogen) atoms. The normalized spacial score (nSPS) is 13.1. The van der Waals surface area contributed by atoms with Crippen LogP contribution in [-0.2, 0) is 18.9 Å². The van der Waals surface area contributed by atoms with E-state index in [0.29, 0.717) is 0 Å². The molecule has 1 fully saturated rings. The topological polar surface area (TPSA) is 0 Å². The van der Waals surface area contributed by atoms with Crippen molar-refractivity contribution in [3.8, 4) is 0 Å². The van der Waals surface area contributed by atoms with Crippen molar-refractivity contribution < 1.29 is 18.9 Å². The molecule has 0 spiro atoms. The Bertz CT molecular complexity index is 839. The van der Waals surface area contributed by atoms with Crippen molar-refractivity contribution in [2.24, 2.45) is 0 Å². The molecule has 0 amide bonds.